The first kappa shape index (κ1) is 34.3. The third kappa shape index (κ3) is 7.15. The molecule has 0 saturated carbocycles. The molecule has 9 heteroatoms. The zero-order valence-corrected chi connectivity index (χ0v) is 27.6. The van der Waals surface area contributed by atoms with Crippen LogP contribution in [0.3, 0.4) is 0 Å². The molecular weight excluding hydrogens is 547 g/mol. The summed E-state index contributed by atoms with van der Waals surface area (Å²) in [5.74, 6) is -0.479. The van der Waals surface area contributed by atoms with Crippen molar-refractivity contribution in [3.63, 3.8) is 0 Å². The van der Waals surface area contributed by atoms with E-state index in [1.165, 1.54) is 0 Å². The number of hydrogen-bond donors (Lipinski definition) is 2. The van der Waals surface area contributed by atoms with Crippen LogP contribution in [0.5, 0.6) is 11.5 Å². The quantitative estimate of drug-likeness (QED) is 0.333. The molecule has 2 aromatic carbocycles. The molecule has 2 heterocycles. The van der Waals surface area contributed by atoms with E-state index >= 15 is 4.39 Å². The molecule has 0 bridgehead atoms. The highest BCUT2D eigenvalue weighted by atomic mass is 19.1. The molecule has 8 nitrogen and oxygen atoms in total. The van der Waals surface area contributed by atoms with Crippen LogP contribution in [0.25, 0.3) is 0 Å². The van der Waals surface area contributed by atoms with Crippen LogP contribution in [0.4, 0.5) is 10.1 Å². The molecule has 0 aliphatic carbocycles. The zero-order chi connectivity index (χ0) is 32.1. The Labute approximate surface area is 257 Å². The highest BCUT2D eigenvalue weighted by Crippen LogP contribution is 2.46. The molecule has 2 aromatic rings. The lowest BCUT2D eigenvalue weighted by Crippen LogP contribution is -2.47. The van der Waals surface area contributed by atoms with Gasteiger partial charge in [0.25, 0.3) is 0 Å². The number of ether oxygens (including phenoxy) is 2. The van der Waals surface area contributed by atoms with Gasteiger partial charge in [0.15, 0.2) is 23.1 Å². The Morgan fingerprint density at radius 2 is 1.65 bits per heavy atom. The van der Waals surface area contributed by atoms with Gasteiger partial charge in [-0.15, -0.1) is 0 Å². The van der Waals surface area contributed by atoms with Gasteiger partial charge in [0.2, 0.25) is 0 Å². The van der Waals surface area contributed by atoms with Gasteiger partial charge < -0.3 is 24.4 Å². The van der Waals surface area contributed by atoms with Crippen molar-refractivity contribution in [1.82, 2.24) is 9.80 Å². The van der Waals surface area contributed by atoms with E-state index < -0.39 is 11.4 Å². The van der Waals surface area contributed by atoms with Gasteiger partial charge in [0.05, 0.1) is 37.5 Å². The summed E-state index contributed by atoms with van der Waals surface area (Å²) < 4.78 is 27.1. The van der Waals surface area contributed by atoms with E-state index in [1.54, 1.807) is 17.9 Å². The number of ketones is 1. The minimum atomic E-state index is -0.812. The van der Waals surface area contributed by atoms with Crippen LogP contribution in [0.2, 0.25) is 0 Å². The number of benzene rings is 2. The highest BCUT2D eigenvalue weighted by molar-refractivity contribution is 6.07. The second-order valence-corrected chi connectivity index (χ2v) is 12.3. The van der Waals surface area contributed by atoms with E-state index in [0.717, 1.165) is 37.4 Å². The fourth-order valence-electron chi connectivity index (χ4n) is 5.69. The van der Waals surface area contributed by atoms with Gasteiger partial charge in [-0.25, -0.2) is 4.39 Å². The number of nitrogens with zero attached hydrogens (tertiary/aromatic N) is 3. The molecule has 43 heavy (non-hydrogen) atoms. The van der Waals surface area contributed by atoms with Crippen molar-refractivity contribution < 1.29 is 23.8 Å². The number of fused-ring (bicyclic) bond motifs is 1. The number of Topliss-reactive ketones (excluding diaryl/α,β-unsaturated/α-hetero) is 1. The third-order valence-corrected chi connectivity index (χ3v) is 8.18. The highest BCUT2D eigenvalue weighted by Gasteiger charge is 2.45. The molecule has 0 radical (unpaired) electrons. The number of rotatable bonds is 10. The second kappa shape index (κ2) is 14.1. The summed E-state index contributed by atoms with van der Waals surface area (Å²) in [6.45, 7) is 22.5. The topological polar surface area (TPSA) is 89.3 Å². The van der Waals surface area contributed by atoms with Gasteiger partial charge >= 0.3 is 0 Å². The Morgan fingerprint density at radius 3 is 2.21 bits per heavy atom. The van der Waals surface area contributed by atoms with Crippen molar-refractivity contribution in [3.05, 3.63) is 52.3 Å². The molecule has 238 valence electrons. The summed E-state index contributed by atoms with van der Waals surface area (Å²) in [5.41, 5.74) is 2.40. The van der Waals surface area contributed by atoms with Gasteiger partial charge in [-0.3, -0.25) is 15.1 Å². The molecular formula is C34H51FN4O4. The molecule has 2 aliphatic rings. The van der Waals surface area contributed by atoms with Gasteiger partial charge in [-0.1, -0.05) is 34.6 Å². The Bertz CT molecular complexity index is 1300. The maximum Gasteiger partial charge on any atom is 0.197 e. The number of hydrogen-bond acceptors (Lipinski definition) is 7. The zero-order valence-electron chi connectivity index (χ0n) is 27.6. The van der Waals surface area contributed by atoms with Crippen LogP contribution in [0.1, 0.15) is 89.4 Å². The molecule has 0 atom stereocenters. The third-order valence-electron chi connectivity index (χ3n) is 8.18. The predicted octanol–water partition coefficient (Wildman–Crippen LogP) is 5.82. The summed E-state index contributed by atoms with van der Waals surface area (Å²) in [6.07, 6.45) is 0. The number of halogens is 1. The number of nitrogens with one attached hydrogen (secondary N) is 1. The normalized spacial score (nSPS) is 16.5. The first-order chi connectivity index (χ1) is 20.3. The van der Waals surface area contributed by atoms with Crippen LogP contribution in [0, 0.1) is 11.2 Å². The van der Waals surface area contributed by atoms with Gasteiger partial charge in [-0.2, -0.15) is 0 Å². The summed E-state index contributed by atoms with van der Waals surface area (Å²) in [7, 11) is 0. The standard InChI is InChI=1S/C32H45FN4O4.C2H6/c1-8-40-26-19-24-27(28(33)29(26)41-9-2)30(34)37(32(24,6)7)20-25(39)21-16-22(31(3,4)5)18-23(17-21)36-12-10-35(11-13-36)14-15-38;1-2/h16-19,34,38H,8-15,20H2,1-7H3;1-2H3. The lowest BCUT2D eigenvalue weighted by Gasteiger charge is -2.37. The van der Waals surface area contributed by atoms with Crippen LogP contribution >= 0.6 is 0 Å². The maximum absolute atomic E-state index is 15.8. The minimum absolute atomic E-state index is 0.00318. The lowest BCUT2D eigenvalue weighted by atomic mass is 9.85. The fraction of sp³-hybridized carbons (Fsp3) is 0.588. The van der Waals surface area contributed by atoms with Crippen molar-refractivity contribution in [1.29, 1.82) is 5.41 Å². The lowest BCUT2D eigenvalue weighted by molar-refractivity contribution is 0.0920. The SMILES string of the molecule is CC.CCOc1cc2c(c(F)c1OCC)C(=N)N(CC(=O)c1cc(N3CCN(CCO)CC3)cc(C(C)(C)C)c1)C2(C)C. The molecule has 0 unspecified atom stereocenters. The second-order valence-electron chi connectivity index (χ2n) is 12.3. The fourth-order valence-corrected chi connectivity index (χ4v) is 5.69. The summed E-state index contributed by atoms with van der Waals surface area (Å²) in [5, 5.41) is 18.2. The van der Waals surface area contributed by atoms with E-state index in [4.69, 9.17) is 14.9 Å². The van der Waals surface area contributed by atoms with Gasteiger partial charge in [-0.05, 0) is 68.5 Å². The number of amidine groups is 1. The van der Waals surface area contributed by atoms with E-state index in [2.05, 4.69) is 36.6 Å². The molecule has 1 saturated heterocycles. The predicted molar refractivity (Wildman–Crippen MR) is 172 cm³/mol. The summed E-state index contributed by atoms with van der Waals surface area (Å²) in [6, 6.07) is 7.81. The number of carbonyl (C=O) groups excluding carboxylic acids is 1. The monoisotopic (exact) mass is 598 g/mol. The number of carbonyl (C=O) groups is 1. The van der Waals surface area contributed by atoms with Crippen LogP contribution in [0.15, 0.2) is 24.3 Å². The maximum atomic E-state index is 15.8. The Morgan fingerprint density at radius 1 is 1.02 bits per heavy atom. The van der Waals surface area contributed by atoms with Crippen molar-refractivity contribution in [2.24, 2.45) is 0 Å². The molecule has 0 spiro atoms. The summed E-state index contributed by atoms with van der Waals surface area (Å²) >= 11 is 0. The molecule has 1 fully saturated rings. The average Bonchev–Trinajstić information content (AvgIpc) is 3.16. The average molecular weight is 599 g/mol. The Hall–Kier alpha value is -3.17. The van der Waals surface area contributed by atoms with Gasteiger partial charge in [0.1, 0.15) is 5.84 Å². The van der Waals surface area contributed by atoms with Crippen LogP contribution < -0.4 is 14.4 Å². The van der Waals surface area contributed by atoms with Crippen LogP contribution in [-0.4, -0.2) is 85.6 Å². The van der Waals surface area contributed by atoms with E-state index in [1.807, 2.05) is 46.8 Å². The largest absolute Gasteiger partial charge is 0.490 e. The first-order valence-electron chi connectivity index (χ1n) is 15.6. The molecule has 0 amide bonds. The van der Waals surface area contributed by atoms with Gasteiger partial charge in [0, 0.05) is 44.0 Å². The van der Waals surface area contributed by atoms with E-state index in [0.29, 0.717) is 30.0 Å². The van der Waals surface area contributed by atoms with Crippen molar-refractivity contribution in [2.45, 2.75) is 73.3 Å². The van der Waals surface area contributed by atoms with Crippen molar-refractivity contribution in [2.75, 3.05) is 64.0 Å². The molecule has 2 aliphatic heterocycles. The number of β-amino-alcohol motifs (C(OH)–C–C–N with tert-alkyl or cyclic N) is 1. The van der Waals surface area contributed by atoms with E-state index in [9.17, 15) is 9.90 Å². The molecule has 4 rings (SSSR count). The molecule has 0 aromatic heterocycles. The smallest absolute Gasteiger partial charge is 0.197 e. The number of aliphatic hydroxyl groups is 1. The first-order valence-corrected chi connectivity index (χ1v) is 15.6. The van der Waals surface area contributed by atoms with Crippen molar-refractivity contribution in [3.8, 4) is 11.5 Å². The number of anilines is 1. The van der Waals surface area contributed by atoms with E-state index in [-0.39, 0.29) is 48.1 Å². The number of piperazine rings is 1. The Kier molecular flexibility index (Phi) is 11.2. The molecule has 2 N–H and O–H groups in total. The summed E-state index contributed by atoms with van der Waals surface area (Å²) in [4.78, 5) is 20.1. The van der Waals surface area contributed by atoms with Crippen LogP contribution in [-0.2, 0) is 11.0 Å². The Balaban J connectivity index is 0.00000248. The van der Waals surface area contributed by atoms with Crippen molar-refractivity contribution >= 4 is 17.3 Å². The minimum Gasteiger partial charge on any atom is -0.490 e. The number of aliphatic hydroxyl groups excluding tert-OH is 1.